The van der Waals surface area contributed by atoms with Crippen molar-refractivity contribution in [3.05, 3.63) is 29.2 Å². The molecule has 2 aromatic rings. The van der Waals surface area contributed by atoms with Crippen molar-refractivity contribution in [1.29, 1.82) is 0 Å². The second kappa shape index (κ2) is 5.53. The average Bonchev–Trinajstić information content (AvgIpc) is 2.40. The van der Waals surface area contributed by atoms with E-state index in [0.29, 0.717) is 33.3 Å². The molecule has 19 heavy (non-hydrogen) atoms. The molecule has 96 valence electrons. The summed E-state index contributed by atoms with van der Waals surface area (Å²) in [4.78, 5) is 20.3. The third kappa shape index (κ3) is 2.58. The predicted molar refractivity (Wildman–Crippen MR) is 78.5 cm³/mol. The fraction of sp³-hybridized carbons (Fsp3) is 0.0833. The van der Waals surface area contributed by atoms with E-state index in [0.717, 1.165) is 0 Å². The Morgan fingerprint density at radius 2 is 2.26 bits per heavy atom. The molecule has 0 aliphatic carbocycles. The first-order valence-corrected chi connectivity index (χ1v) is 5.71. The minimum absolute atomic E-state index is 0.329. The number of fused-ring (bicyclic) bond motifs is 1. The monoisotopic (exact) mass is 274 g/mol. The van der Waals surface area contributed by atoms with Gasteiger partial charge < -0.3 is 5.73 Å². The summed E-state index contributed by atoms with van der Waals surface area (Å²) in [6.45, 7) is 3.47. The number of halogens is 1. The number of pyridine rings is 1. The normalized spacial score (nSPS) is 12.7. The van der Waals surface area contributed by atoms with E-state index in [4.69, 9.17) is 17.3 Å². The van der Waals surface area contributed by atoms with E-state index in [1.165, 1.54) is 12.4 Å². The first kappa shape index (κ1) is 13.1. The van der Waals surface area contributed by atoms with Gasteiger partial charge in [0.15, 0.2) is 5.65 Å². The van der Waals surface area contributed by atoms with Gasteiger partial charge in [0.05, 0.1) is 16.9 Å². The molecule has 0 amide bonds. The summed E-state index contributed by atoms with van der Waals surface area (Å²) in [6.07, 6.45) is 4.55. The van der Waals surface area contributed by atoms with Crippen LogP contribution < -0.4 is 5.73 Å². The van der Waals surface area contributed by atoms with Gasteiger partial charge in [0.1, 0.15) is 16.9 Å². The van der Waals surface area contributed by atoms with Crippen molar-refractivity contribution in [1.82, 2.24) is 15.0 Å². The molecule has 7 heteroatoms. The third-order valence-electron chi connectivity index (χ3n) is 2.35. The number of nitrogens with zero attached hydrogens (tertiary/aromatic N) is 5. The van der Waals surface area contributed by atoms with Crippen molar-refractivity contribution >= 4 is 47.1 Å². The summed E-state index contributed by atoms with van der Waals surface area (Å²) in [5.41, 5.74) is 8.12. The molecule has 0 bridgehead atoms. The summed E-state index contributed by atoms with van der Waals surface area (Å²) in [5, 5.41) is 0.329. The number of allylic oxidation sites excluding steroid dienone is 1. The fourth-order valence-corrected chi connectivity index (χ4v) is 1.76. The minimum atomic E-state index is 0.329. The molecule has 2 aromatic heterocycles. The second-order valence-electron chi connectivity index (χ2n) is 3.57. The van der Waals surface area contributed by atoms with Crippen LogP contribution >= 0.6 is 11.6 Å². The Morgan fingerprint density at radius 3 is 2.95 bits per heavy atom. The molecular formula is C12H11ClN6. The SMILES string of the molecule is C=N/C(=C(/Cl)C=NC)c1cnc2c(N)ccnc2n1. The lowest BCUT2D eigenvalue weighted by molar-refractivity contribution is 1.19. The van der Waals surface area contributed by atoms with E-state index in [-0.39, 0.29) is 0 Å². The highest BCUT2D eigenvalue weighted by Crippen LogP contribution is 2.22. The van der Waals surface area contributed by atoms with Crippen LogP contribution in [-0.2, 0) is 0 Å². The van der Waals surface area contributed by atoms with Crippen LogP contribution in [0.2, 0.25) is 0 Å². The summed E-state index contributed by atoms with van der Waals surface area (Å²) in [5.74, 6) is 0. The Labute approximate surface area is 114 Å². The molecule has 2 heterocycles. The molecule has 0 radical (unpaired) electrons. The van der Waals surface area contributed by atoms with Gasteiger partial charge in [-0.05, 0) is 12.8 Å². The lowest BCUT2D eigenvalue weighted by Gasteiger charge is -2.04. The first-order valence-electron chi connectivity index (χ1n) is 5.33. The first-order chi connectivity index (χ1) is 9.17. The molecule has 0 aliphatic rings. The van der Waals surface area contributed by atoms with Gasteiger partial charge in [-0.25, -0.2) is 15.0 Å². The van der Waals surface area contributed by atoms with Crippen molar-refractivity contribution in [2.45, 2.75) is 0 Å². The van der Waals surface area contributed by atoms with Gasteiger partial charge >= 0.3 is 0 Å². The molecule has 0 aliphatic heterocycles. The van der Waals surface area contributed by atoms with Crippen molar-refractivity contribution in [2.75, 3.05) is 12.8 Å². The number of nitrogen functional groups attached to an aromatic ring is 1. The maximum absolute atomic E-state index is 6.05. The molecule has 0 fully saturated rings. The zero-order valence-corrected chi connectivity index (χ0v) is 11.0. The zero-order chi connectivity index (χ0) is 13.8. The van der Waals surface area contributed by atoms with E-state index in [1.807, 2.05) is 0 Å². The van der Waals surface area contributed by atoms with Crippen LogP contribution in [0.1, 0.15) is 5.69 Å². The third-order valence-corrected chi connectivity index (χ3v) is 2.62. The molecular weight excluding hydrogens is 264 g/mol. The standard InChI is InChI=1S/C12H11ClN6/c1-15-5-7(13)10(16-2)9-6-18-11-8(14)3-4-17-12(11)19-9/h3-6H,2H2,1H3,(H2,14,17,19)/b10-7+,15-5?. The Kier molecular flexibility index (Phi) is 3.82. The quantitative estimate of drug-likeness (QED) is 0.866. The highest BCUT2D eigenvalue weighted by atomic mass is 35.5. The lowest BCUT2D eigenvalue weighted by atomic mass is 10.3. The molecule has 0 atom stereocenters. The van der Waals surface area contributed by atoms with Gasteiger partial charge in [-0.2, -0.15) is 0 Å². The van der Waals surface area contributed by atoms with Gasteiger partial charge in [0, 0.05) is 19.5 Å². The van der Waals surface area contributed by atoms with Crippen LogP contribution in [-0.4, -0.2) is 34.9 Å². The molecule has 0 spiro atoms. The molecule has 0 unspecified atom stereocenters. The second-order valence-corrected chi connectivity index (χ2v) is 3.98. The zero-order valence-electron chi connectivity index (χ0n) is 10.2. The Balaban J connectivity index is 2.63. The largest absolute Gasteiger partial charge is 0.397 e. The number of aromatic nitrogens is 3. The van der Waals surface area contributed by atoms with Gasteiger partial charge in [-0.1, -0.05) is 11.6 Å². The minimum Gasteiger partial charge on any atom is -0.397 e. The summed E-state index contributed by atoms with van der Waals surface area (Å²) < 4.78 is 0. The summed E-state index contributed by atoms with van der Waals surface area (Å²) >= 11 is 6.05. The molecule has 0 saturated carbocycles. The topological polar surface area (TPSA) is 89.4 Å². The number of nitrogens with two attached hydrogens (primary N) is 1. The van der Waals surface area contributed by atoms with E-state index >= 15 is 0 Å². The molecule has 6 nitrogen and oxygen atoms in total. The number of aliphatic imine (C=N–C) groups is 2. The number of rotatable bonds is 3. The number of anilines is 1. The van der Waals surface area contributed by atoms with Crippen LogP contribution in [0.25, 0.3) is 16.9 Å². The fourth-order valence-electron chi connectivity index (χ4n) is 1.51. The maximum Gasteiger partial charge on any atom is 0.180 e. The van der Waals surface area contributed by atoms with E-state index < -0.39 is 0 Å². The summed E-state index contributed by atoms with van der Waals surface area (Å²) in [6, 6.07) is 1.66. The number of hydrogen-bond donors (Lipinski definition) is 1. The lowest BCUT2D eigenvalue weighted by Crippen LogP contribution is -1.98. The predicted octanol–water partition coefficient (Wildman–Crippen LogP) is 1.92. The van der Waals surface area contributed by atoms with Crippen LogP contribution in [0, 0.1) is 0 Å². The van der Waals surface area contributed by atoms with Crippen LogP contribution in [0.15, 0.2) is 33.5 Å². The van der Waals surface area contributed by atoms with Crippen molar-refractivity contribution in [3.63, 3.8) is 0 Å². The molecule has 2 N–H and O–H groups in total. The van der Waals surface area contributed by atoms with Crippen LogP contribution in [0.4, 0.5) is 5.69 Å². The smallest absolute Gasteiger partial charge is 0.180 e. The van der Waals surface area contributed by atoms with Gasteiger partial charge in [0.25, 0.3) is 0 Å². The van der Waals surface area contributed by atoms with Crippen LogP contribution in [0.3, 0.4) is 0 Å². The molecule has 0 aromatic carbocycles. The maximum atomic E-state index is 6.05. The van der Waals surface area contributed by atoms with Crippen molar-refractivity contribution in [3.8, 4) is 0 Å². The van der Waals surface area contributed by atoms with E-state index in [1.54, 1.807) is 19.3 Å². The van der Waals surface area contributed by atoms with Crippen molar-refractivity contribution in [2.24, 2.45) is 9.98 Å². The van der Waals surface area contributed by atoms with Gasteiger partial charge in [-0.3, -0.25) is 9.98 Å². The Bertz CT molecular complexity index is 692. The highest BCUT2D eigenvalue weighted by Gasteiger charge is 2.09. The molecule has 2 rings (SSSR count). The van der Waals surface area contributed by atoms with E-state index in [2.05, 4.69) is 31.7 Å². The highest BCUT2D eigenvalue weighted by molar-refractivity contribution is 6.42. The van der Waals surface area contributed by atoms with Gasteiger partial charge in [0.2, 0.25) is 0 Å². The average molecular weight is 275 g/mol. The van der Waals surface area contributed by atoms with Crippen LogP contribution in [0.5, 0.6) is 0 Å². The Hall–Kier alpha value is -2.34. The molecule has 0 saturated heterocycles. The number of hydrogen-bond acceptors (Lipinski definition) is 6. The summed E-state index contributed by atoms with van der Waals surface area (Å²) in [7, 11) is 1.61. The van der Waals surface area contributed by atoms with Gasteiger partial charge in [-0.15, -0.1) is 0 Å². The van der Waals surface area contributed by atoms with Crippen molar-refractivity contribution < 1.29 is 0 Å². The Morgan fingerprint density at radius 1 is 1.47 bits per heavy atom. The van der Waals surface area contributed by atoms with E-state index in [9.17, 15) is 0 Å².